The number of Topliss-reactive ketones (excluding diaryl/α,β-unsaturated/α-hetero) is 1. The molecule has 16 heavy (non-hydrogen) atoms. The summed E-state index contributed by atoms with van der Waals surface area (Å²) < 4.78 is 1.73. The number of carboxylic acids is 1. The van der Waals surface area contributed by atoms with Crippen LogP contribution in [0.5, 0.6) is 0 Å². The lowest BCUT2D eigenvalue weighted by molar-refractivity contribution is -0.146. The Kier molecular flexibility index (Phi) is 2.53. The van der Waals surface area contributed by atoms with E-state index in [1.165, 1.54) is 0 Å². The largest absolute Gasteiger partial charge is 0.481 e. The lowest BCUT2D eigenvalue weighted by atomic mass is 9.71. The topological polar surface area (TPSA) is 72.2 Å². The quantitative estimate of drug-likeness (QED) is 0.806. The van der Waals surface area contributed by atoms with Gasteiger partial charge in [0, 0.05) is 26.1 Å². The normalized spacial score (nSPS) is 19.7. The summed E-state index contributed by atoms with van der Waals surface area (Å²) in [6, 6.07) is 0. The number of hydrogen-bond donors (Lipinski definition) is 1. The molecule has 0 atom stereocenters. The molecule has 5 heteroatoms. The average molecular weight is 222 g/mol. The number of aryl methyl sites for hydroxylation is 1. The molecule has 0 spiro atoms. The van der Waals surface area contributed by atoms with Crippen LogP contribution in [0.25, 0.3) is 0 Å². The van der Waals surface area contributed by atoms with E-state index in [0.717, 1.165) is 0 Å². The number of rotatable bonds is 2. The van der Waals surface area contributed by atoms with Crippen LogP contribution in [0.3, 0.4) is 0 Å². The molecule has 1 fully saturated rings. The molecule has 0 unspecified atom stereocenters. The van der Waals surface area contributed by atoms with E-state index in [2.05, 4.69) is 4.98 Å². The smallest absolute Gasteiger partial charge is 0.315 e. The highest BCUT2D eigenvalue weighted by Gasteiger charge is 2.45. The molecular formula is C11H14N2O3. The van der Waals surface area contributed by atoms with E-state index in [1.54, 1.807) is 24.1 Å². The SMILES string of the molecule is Cn1cncc1C1(C(=O)O)CCC(=O)CC1. The molecule has 0 amide bonds. The highest BCUT2D eigenvalue weighted by molar-refractivity contribution is 5.87. The Bertz CT molecular complexity index is 426. The van der Waals surface area contributed by atoms with Crippen molar-refractivity contribution >= 4 is 11.8 Å². The second-order valence-electron chi connectivity index (χ2n) is 4.32. The Morgan fingerprint density at radius 1 is 1.50 bits per heavy atom. The molecule has 1 aromatic heterocycles. The van der Waals surface area contributed by atoms with Crippen LogP contribution in [0.2, 0.25) is 0 Å². The summed E-state index contributed by atoms with van der Waals surface area (Å²) in [5.74, 6) is -0.706. The molecule has 1 heterocycles. The van der Waals surface area contributed by atoms with Crippen molar-refractivity contribution in [1.29, 1.82) is 0 Å². The van der Waals surface area contributed by atoms with E-state index in [1.807, 2.05) is 0 Å². The third-order valence-electron chi connectivity index (χ3n) is 3.38. The molecule has 1 N–H and O–H groups in total. The zero-order valence-corrected chi connectivity index (χ0v) is 9.14. The van der Waals surface area contributed by atoms with Gasteiger partial charge in [-0.25, -0.2) is 4.98 Å². The van der Waals surface area contributed by atoms with E-state index in [9.17, 15) is 14.7 Å². The lowest BCUT2D eigenvalue weighted by Crippen LogP contribution is -2.41. The van der Waals surface area contributed by atoms with Crippen molar-refractivity contribution in [3.8, 4) is 0 Å². The molecule has 0 saturated heterocycles. The van der Waals surface area contributed by atoms with Crippen molar-refractivity contribution in [3.05, 3.63) is 18.2 Å². The van der Waals surface area contributed by atoms with E-state index >= 15 is 0 Å². The first-order chi connectivity index (χ1) is 7.56. The summed E-state index contributed by atoms with van der Waals surface area (Å²) in [4.78, 5) is 26.7. The van der Waals surface area contributed by atoms with Crippen molar-refractivity contribution in [2.45, 2.75) is 31.1 Å². The summed E-state index contributed by atoms with van der Waals surface area (Å²) >= 11 is 0. The maximum Gasteiger partial charge on any atom is 0.315 e. The molecule has 1 aliphatic carbocycles. The molecule has 0 radical (unpaired) electrons. The number of aliphatic carboxylic acids is 1. The summed E-state index contributed by atoms with van der Waals surface area (Å²) in [5.41, 5.74) is -0.244. The second kappa shape index (κ2) is 3.73. The highest BCUT2D eigenvalue weighted by atomic mass is 16.4. The van der Waals surface area contributed by atoms with Crippen molar-refractivity contribution in [3.63, 3.8) is 0 Å². The van der Waals surface area contributed by atoms with Crippen LogP contribution in [-0.2, 0) is 22.1 Å². The van der Waals surface area contributed by atoms with Crippen molar-refractivity contribution in [2.75, 3.05) is 0 Å². The number of imidazole rings is 1. The van der Waals surface area contributed by atoms with Gasteiger partial charge in [-0.2, -0.15) is 0 Å². The molecule has 0 bridgehead atoms. The number of nitrogens with zero attached hydrogens (tertiary/aromatic N) is 2. The van der Waals surface area contributed by atoms with Gasteiger partial charge >= 0.3 is 5.97 Å². The Labute approximate surface area is 93.1 Å². The van der Waals surface area contributed by atoms with Crippen molar-refractivity contribution < 1.29 is 14.7 Å². The number of hydrogen-bond acceptors (Lipinski definition) is 3. The van der Waals surface area contributed by atoms with Crippen LogP contribution >= 0.6 is 0 Å². The molecule has 1 saturated carbocycles. The van der Waals surface area contributed by atoms with Gasteiger partial charge in [-0.3, -0.25) is 9.59 Å². The molecule has 86 valence electrons. The summed E-state index contributed by atoms with van der Waals surface area (Å²) in [6.07, 6.45) is 4.62. The summed E-state index contributed by atoms with van der Waals surface area (Å²) in [5, 5.41) is 9.42. The fourth-order valence-electron chi connectivity index (χ4n) is 2.35. The predicted molar refractivity (Wildman–Crippen MR) is 56.0 cm³/mol. The third-order valence-corrected chi connectivity index (χ3v) is 3.38. The maximum absolute atomic E-state index is 11.5. The van der Waals surface area contributed by atoms with Crippen LogP contribution in [-0.4, -0.2) is 26.4 Å². The number of carbonyl (C=O) groups is 2. The van der Waals surface area contributed by atoms with Gasteiger partial charge in [0.1, 0.15) is 11.2 Å². The van der Waals surface area contributed by atoms with Crippen LogP contribution < -0.4 is 0 Å². The highest BCUT2D eigenvalue weighted by Crippen LogP contribution is 2.38. The minimum Gasteiger partial charge on any atom is -0.481 e. The zero-order valence-electron chi connectivity index (χ0n) is 9.14. The first-order valence-electron chi connectivity index (χ1n) is 5.28. The first-order valence-corrected chi connectivity index (χ1v) is 5.28. The second-order valence-corrected chi connectivity index (χ2v) is 4.32. The Morgan fingerprint density at radius 3 is 2.56 bits per heavy atom. The molecule has 0 aromatic carbocycles. The van der Waals surface area contributed by atoms with Gasteiger partial charge in [-0.15, -0.1) is 0 Å². The van der Waals surface area contributed by atoms with Gasteiger partial charge in [-0.05, 0) is 12.8 Å². The van der Waals surface area contributed by atoms with Crippen LogP contribution in [0.4, 0.5) is 0 Å². The van der Waals surface area contributed by atoms with Crippen LogP contribution in [0.1, 0.15) is 31.4 Å². The standard InChI is InChI=1S/C11H14N2O3/c1-13-7-12-6-9(13)11(10(15)16)4-2-8(14)3-5-11/h6-7H,2-5H2,1H3,(H,15,16). The Balaban J connectivity index is 2.41. The molecule has 1 aliphatic rings. The van der Waals surface area contributed by atoms with Crippen LogP contribution in [0, 0.1) is 0 Å². The maximum atomic E-state index is 11.5. The third kappa shape index (κ3) is 1.52. The van der Waals surface area contributed by atoms with E-state index < -0.39 is 11.4 Å². The monoisotopic (exact) mass is 222 g/mol. The Morgan fingerprint density at radius 2 is 2.12 bits per heavy atom. The van der Waals surface area contributed by atoms with Gasteiger partial charge < -0.3 is 9.67 Å². The molecule has 5 nitrogen and oxygen atoms in total. The predicted octanol–water partition coefficient (Wildman–Crippen LogP) is 0.886. The van der Waals surface area contributed by atoms with Gasteiger partial charge in [0.15, 0.2) is 0 Å². The molecule has 1 aromatic rings. The van der Waals surface area contributed by atoms with Crippen LogP contribution in [0.15, 0.2) is 12.5 Å². The fourth-order valence-corrected chi connectivity index (χ4v) is 2.35. The zero-order chi connectivity index (χ0) is 11.8. The first kappa shape index (κ1) is 10.9. The summed E-state index contributed by atoms with van der Waals surface area (Å²) in [7, 11) is 1.78. The van der Waals surface area contributed by atoms with Gasteiger partial charge in [0.05, 0.1) is 12.0 Å². The van der Waals surface area contributed by atoms with Crippen molar-refractivity contribution in [1.82, 2.24) is 9.55 Å². The van der Waals surface area contributed by atoms with Crippen molar-refractivity contribution in [2.24, 2.45) is 7.05 Å². The van der Waals surface area contributed by atoms with Gasteiger partial charge in [-0.1, -0.05) is 0 Å². The van der Waals surface area contributed by atoms with Gasteiger partial charge in [0.2, 0.25) is 0 Å². The van der Waals surface area contributed by atoms with Gasteiger partial charge in [0.25, 0.3) is 0 Å². The average Bonchev–Trinajstić information content (AvgIpc) is 2.66. The minimum atomic E-state index is -0.931. The molecular weight excluding hydrogens is 208 g/mol. The number of ketones is 1. The number of carbonyl (C=O) groups excluding carboxylic acids is 1. The van der Waals surface area contributed by atoms with E-state index in [-0.39, 0.29) is 5.78 Å². The molecule has 0 aliphatic heterocycles. The number of aromatic nitrogens is 2. The summed E-state index contributed by atoms with van der Waals surface area (Å²) in [6.45, 7) is 0. The van der Waals surface area contributed by atoms with E-state index in [0.29, 0.717) is 31.4 Å². The molecule has 2 rings (SSSR count). The Hall–Kier alpha value is -1.65. The minimum absolute atomic E-state index is 0.152. The fraction of sp³-hybridized carbons (Fsp3) is 0.545. The number of carboxylic acid groups (broad SMARTS) is 1. The van der Waals surface area contributed by atoms with E-state index in [4.69, 9.17) is 0 Å². The lowest BCUT2D eigenvalue weighted by Gasteiger charge is -2.32.